The number of pyridine rings is 1. The Bertz CT molecular complexity index is 484. The lowest BCUT2D eigenvalue weighted by atomic mass is 10.0. The number of H-pyrrole nitrogens is 1. The normalized spacial score (nSPS) is 16.1. The maximum absolute atomic E-state index is 4.32. The smallest absolute Gasteiger partial charge is 0.155 e. The average molecular weight is 290 g/mol. The molecule has 2 aromatic heterocycles. The van der Waals surface area contributed by atoms with Crippen LogP contribution in [0.25, 0.3) is 11.0 Å². The Morgan fingerprint density at radius 2 is 2.27 bits per heavy atom. The van der Waals surface area contributed by atoms with Crippen LogP contribution in [0.2, 0.25) is 0 Å². The van der Waals surface area contributed by atoms with Gasteiger partial charge in [0.2, 0.25) is 0 Å². The molecule has 0 fully saturated rings. The molecule has 0 radical (unpaired) electrons. The molecule has 0 aliphatic carbocycles. The fourth-order valence-corrected chi connectivity index (χ4v) is 2.37. The van der Waals surface area contributed by atoms with E-state index in [4.69, 9.17) is 0 Å². The largest absolute Gasteiger partial charge is 0.261 e. The van der Waals surface area contributed by atoms with E-state index < -0.39 is 0 Å². The number of fused-ring (bicyclic) bond motifs is 3. The zero-order chi connectivity index (χ0) is 9.54. The summed E-state index contributed by atoms with van der Waals surface area (Å²) in [5.74, 6) is 0. The number of nitrogens with zero attached hydrogens (tertiary/aromatic N) is 3. The fraction of sp³-hybridized carbons (Fsp3) is 0.333. The second-order valence-corrected chi connectivity index (χ2v) is 4.49. The molecular weight excluding hydrogens is 279 g/mol. The van der Waals surface area contributed by atoms with Gasteiger partial charge in [0.15, 0.2) is 5.65 Å². The summed E-state index contributed by atoms with van der Waals surface area (Å²) >= 11 is 3.50. The standard InChI is InChI=1S/C9H9BrN4.ClH/c10-14-2-1-7-6(5-14)3-11-9-8(7)4-12-13-9;/h3-4H,1-2,5H2,(H,11,12,13);1H. The molecule has 0 atom stereocenters. The van der Waals surface area contributed by atoms with Gasteiger partial charge in [0.05, 0.1) is 6.20 Å². The summed E-state index contributed by atoms with van der Waals surface area (Å²) in [6.45, 7) is 1.96. The lowest BCUT2D eigenvalue weighted by Gasteiger charge is -2.22. The quantitative estimate of drug-likeness (QED) is 0.755. The first kappa shape index (κ1) is 10.9. The van der Waals surface area contributed by atoms with Gasteiger partial charge in [0.25, 0.3) is 0 Å². The van der Waals surface area contributed by atoms with Crippen LogP contribution in [-0.4, -0.2) is 25.7 Å². The van der Waals surface area contributed by atoms with E-state index in [1.54, 1.807) is 0 Å². The summed E-state index contributed by atoms with van der Waals surface area (Å²) in [6.07, 6.45) is 4.85. The molecule has 0 spiro atoms. The lowest BCUT2D eigenvalue weighted by Crippen LogP contribution is -2.22. The summed E-state index contributed by atoms with van der Waals surface area (Å²) in [5, 5.41) is 8.08. The minimum absolute atomic E-state index is 0. The fourth-order valence-electron chi connectivity index (χ4n) is 1.92. The third-order valence-electron chi connectivity index (χ3n) is 2.63. The van der Waals surface area contributed by atoms with Crippen LogP contribution in [0.4, 0.5) is 0 Å². The Hall–Kier alpha value is -0.650. The van der Waals surface area contributed by atoms with Crippen molar-refractivity contribution in [1.82, 2.24) is 19.1 Å². The van der Waals surface area contributed by atoms with Gasteiger partial charge >= 0.3 is 0 Å². The van der Waals surface area contributed by atoms with E-state index in [0.29, 0.717) is 0 Å². The molecule has 4 nitrogen and oxygen atoms in total. The molecule has 0 saturated carbocycles. The second-order valence-electron chi connectivity index (χ2n) is 3.49. The highest BCUT2D eigenvalue weighted by molar-refractivity contribution is 9.07. The van der Waals surface area contributed by atoms with Gasteiger partial charge in [-0.25, -0.2) is 8.91 Å². The van der Waals surface area contributed by atoms with Gasteiger partial charge in [-0.3, -0.25) is 5.10 Å². The number of rotatable bonds is 0. The van der Waals surface area contributed by atoms with Crippen molar-refractivity contribution >= 4 is 39.6 Å². The minimum atomic E-state index is 0. The summed E-state index contributed by atoms with van der Waals surface area (Å²) in [5.41, 5.74) is 3.58. The van der Waals surface area contributed by atoms with Crippen LogP contribution in [0.3, 0.4) is 0 Å². The van der Waals surface area contributed by atoms with Crippen LogP contribution in [-0.2, 0) is 13.0 Å². The van der Waals surface area contributed by atoms with Crippen LogP contribution in [0.1, 0.15) is 11.1 Å². The molecule has 15 heavy (non-hydrogen) atoms. The van der Waals surface area contributed by atoms with E-state index in [1.165, 1.54) is 16.5 Å². The van der Waals surface area contributed by atoms with Crippen LogP contribution >= 0.6 is 28.6 Å². The molecule has 2 aromatic rings. The number of hydrogen-bond donors (Lipinski definition) is 1. The van der Waals surface area contributed by atoms with Crippen molar-refractivity contribution in [3.63, 3.8) is 0 Å². The highest BCUT2D eigenvalue weighted by atomic mass is 79.9. The number of nitrogens with one attached hydrogen (secondary N) is 1. The predicted octanol–water partition coefficient (Wildman–Crippen LogP) is 2.05. The van der Waals surface area contributed by atoms with E-state index >= 15 is 0 Å². The summed E-state index contributed by atoms with van der Waals surface area (Å²) in [4.78, 5) is 4.32. The van der Waals surface area contributed by atoms with Crippen LogP contribution in [0, 0.1) is 0 Å². The van der Waals surface area contributed by atoms with Crippen molar-refractivity contribution in [3.8, 4) is 0 Å². The van der Waals surface area contributed by atoms with Crippen LogP contribution in [0.5, 0.6) is 0 Å². The Labute approximate surface area is 102 Å². The first-order valence-corrected chi connectivity index (χ1v) is 5.26. The summed E-state index contributed by atoms with van der Waals surface area (Å²) in [6, 6.07) is 0. The first-order chi connectivity index (χ1) is 6.84. The summed E-state index contributed by atoms with van der Waals surface area (Å²) < 4.78 is 2.13. The molecule has 0 aromatic carbocycles. The average Bonchev–Trinajstić information content (AvgIpc) is 2.65. The van der Waals surface area contributed by atoms with E-state index in [2.05, 4.69) is 35.3 Å². The molecule has 1 aliphatic rings. The van der Waals surface area contributed by atoms with Gasteiger partial charge in [-0.1, -0.05) is 0 Å². The van der Waals surface area contributed by atoms with E-state index in [0.717, 1.165) is 25.2 Å². The Morgan fingerprint density at radius 3 is 3.13 bits per heavy atom. The second kappa shape index (κ2) is 4.08. The number of aromatic nitrogens is 3. The number of halogens is 2. The van der Waals surface area contributed by atoms with Crippen molar-refractivity contribution in [1.29, 1.82) is 0 Å². The van der Waals surface area contributed by atoms with Gasteiger partial charge < -0.3 is 0 Å². The summed E-state index contributed by atoms with van der Waals surface area (Å²) in [7, 11) is 0. The van der Waals surface area contributed by atoms with E-state index in [-0.39, 0.29) is 12.4 Å². The van der Waals surface area contributed by atoms with Crippen molar-refractivity contribution in [2.24, 2.45) is 0 Å². The number of hydrogen-bond acceptors (Lipinski definition) is 3. The monoisotopic (exact) mass is 288 g/mol. The van der Waals surface area contributed by atoms with Crippen molar-refractivity contribution in [2.45, 2.75) is 13.0 Å². The molecule has 0 bridgehead atoms. The van der Waals surface area contributed by atoms with Gasteiger partial charge in [0.1, 0.15) is 0 Å². The molecule has 1 N–H and O–H groups in total. The van der Waals surface area contributed by atoms with Crippen LogP contribution in [0.15, 0.2) is 12.4 Å². The van der Waals surface area contributed by atoms with E-state index in [1.807, 2.05) is 12.4 Å². The third kappa shape index (κ3) is 1.75. The molecular formula is C9H10BrClN4. The molecule has 0 amide bonds. The minimum Gasteiger partial charge on any atom is -0.261 e. The first-order valence-electron chi connectivity index (χ1n) is 4.55. The van der Waals surface area contributed by atoms with Crippen LogP contribution < -0.4 is 0 Å². The maximum Gasteiger partial charge on any atom is 0.155 e. The predicted molar refractivity (Wildman–Crippen MR) is 64.2 cm³/mol. The number of aromatic amines is 1. The zero-order valence-electron chi connectivity index (χ0n) is 7.90. The van der Waals surface area contributed by atoms with Crippen molar-refractivity contribution in [2.75, 3.05) is 6.54 Å². The van der Waals surface area contributed by atoms with Gasteiger partial charge in [0, 0.05) is 40.8 Å². The molecule has 0 saturated heterocycles. The molecule has 0 unspecified atom stereocenters. The third-order valence-corrected chi connectivity index (χ3v) is 3.23. The highest BCUT2D eigenvalue weighted by Gasteiger charge is 2.17. The van der Waals surface area contributed by atoms with Crippen molar-refractivity contribution < 1.29 is 0 Å². The molecule has 3 rings (SSSR count). The Morgan fingerprint density at radius 1 is 1.40 bits per heavy atom. The van der Waals surface area contributed by atoms with Crippen molar-refractivity contribution in [3.05, 3.63) is 23.5 Å². The molecule has 1 aliphatic heterocycles. The topological polar surface area (TPSA) is 44.8 Å². The maximum atomic E-state index is 4.32. The van der Waals surface area contributed by atoms with Gasteiger partial charge in [-0.05, 0) is 17.5 Å². The van der Waals surface area contributed by atoms with Gasteiger partial charge in [-0.15, -0.1) is 12.4 Å². The molecule has 3 heterocycles. The lowest BCUT2D eigenvalue weighted by molar-refractivity contribution is 0.461. The zero-order valence-corrected chi connectivity index (χ0v) is 10.3. The Balaban J connectivity index is 0.000000853. The SMILES string of the molecule is BrN1CCc2c(cnc3[nH]ncc23)C1.Cl. The van der Waals surface area contributed by atoms with Gasteiger partial charge in [-0.2, -0.15) is 5.10 Å². The highest BCUT2D eigenvalue weighted by Crippen LogP contribution is 2.25. The molecule has 6 heteroatoms. The van der Waals surface area contributed by atoms with E-state index in [9.17, 15) is 0 Å². The molecule has 80 valence electrons. The Kier molecular flexibility index (Phi) is 2.95.